The number of nitrogens with one attached hydrogen (secondary N) is 3. The quantitative estimate of drug-likeness (QED) is 0.668. The van der Waals surface area contributed by atoms with Gasteiger partial charge in [0.25, 0.3) is 0 Å². The molecule has 1 fully saturated rings. The first kappa shape index (κ1) is 13.5. The fourth-order valence-corrected chi connectivity index (χ4v) is 3.20. The van der Waals surface area contributed by atoms with E-state index >= 15 is 0 Å². The van der Waals surface area contributed by atoms with E-state index in [0.717, 1.165) is 6.04 Å². The van der Waals surface area contributed by atoms with E-state index in [1.807, 2.05) is 11.1 Å². The highest BCUT2D eigenvalue weighted by atomic mass is 15.3. The Kier molecular flexibility index (Phi) is 5.14. The van der Waals surface area contributed by atoms with Crippen LogP contribution in [0.15, 0.2) is 24.5 Å². The molecule has 0 radical (unpaired) electrons. The largest absolute Gasteiger partial charge is 0.323 e. The number of quaternary nitrogens is 2. The minimum atomic E-state index is 0.886. The van der Waals surface area contributed by atoms with E-state index in [1.165, 1.54) is 51.1 Å². The zero-order valence-electron chi connectivity index (χ0n) is 11.8. The van der Waals surface area contributed by atoms with E-state index in [0.29, 0.717) is 0 Å². The number of H-pyrrole nitrogens is 1. The molecule has 3 N–H and O–H groups in total. The number of aromatic amines is 1. The zero-order chi connectivity index (χ0) is 12.8. The molecule has 3 nitrogen and oxygen atoms in total. The van der Waals surface area contributed by atoms with Crippen molar-refractivity contribution < 1.29 is 14.8 Å². The Bertz CT molecular complexity index is 327. The third-order valence-electron chi connectivity index (χ3n) is 4.39. The molecule has 0 aliphatic carbocycles. The fraction of sp³-hybridized carbons (Fsp3) is 0.667. The van der Waals surface area contributed by atoms with Crippen molar-refractivity contribution in [1.29, 1.82) is 0 Å². The summed E-state index contributed by atoms with van der Waals surface area (Å²) in [5.41, 5.74) is 1.43. The van der Waals surface area contributed by atoms with E-state index in [-0.39, 0.29) is 0 Å². The van der Waals surface area contributed by atoms with Crippen molar-refractivity contribution in [3.05, 3.63) is 30.1 Å². The summed E-state index contributed by atoms with van der Waals surface area (Å²) in [4.78, 5) is 6.75. The van der Waals surface area contributed by atoms with Crippen LogP contribution in [0, 0.1) is 0 Å². The Morgan fingerprint density at radius 3 is 2.44 bits per heavy atom. The maximum atomic E-state index is 3.18. The second-order valence-corrected chi connectivity index (χ2v) is 5.51. The summed E-state index contributed by atoms with van der Waals surface area (Å²) in [5, 5.41) is 0. The standard InChI is InChI=1S/C15H25N3/c1-3-15(4-2)18-10-8-17(9-11-18)13-14-6-5-7-16-12-14/h5-7,12,15H,3-4,8-11,13H2,1-2H3/p+3. The van der Waals surface area contributed by atoms with Gasteiger partial charge < -0.3 is 9.80 Å². The van der Waals surface area contributed by atoms with Crippen molar-refractivity contribution in [3.63, 3.8) is 0 Å². The van der Waals surface area contributed by atoms with Gasteiger partial charge in [0.15, 0.2) is 12.4 Å². The molecule has 0 unspecified atom stereocenters. The highest BCUT2D eigenvalue weighted by Gasteiger charge is 2.27. The number of aromatic nitrogens is 1. The molecular weight excluding hydrogens is 222 g/mol. The lowest BCUT2D eigenvalue weighted by Crippen LogP contribution is -3.29. The number of hydrogen-bond acceptors (Lipinski definition) is 0. The predicted molar refractivity (Wildman–Crippen MR) is 72.5 cm³/mol. The Morgan fingerprint density at radius 2 is 1.89 bits per heavy atom. The molecule has 1 aliphatic rings. The van der Waals surface area contributed by atoms with Crippen LogP contribution in [-0.2, 0) is 6.54 Å². The molecule has 0 amide bonds. The van der Waals surface area contributed by atoms with Gasteiger partial charge in [0.05, 0.1) is 11.6 Å². The van der Waals surface area contributed by atoms with Crippen molar-refractivity contribution >= 4 is 0 Å². The smallest absolute Gasteiger partial charge is 0.175 e. The monoisotopic (exact) mass is 250 g/mol. The summed E-state index contributed by atoms with van der Waals surface area (Å²) >= 11 is 0. The predicted octanol–water partition coefficient (Wildman–Crippen LogP) is -1.03. The number of rotatable bonds is 5. The van der Waals surface area contributed by atoms with E-state index in [1.54, 1.807) is 4.90 Å². The van der Waals surface area contributed by atoms with Crippen LogP contribution in [0.5, 0.6) is 0 Å². The molecule has 1 saturated heterocycles. The molecule has 0 aromatic carbocycles. The molecule has 18 heavy (non-hydrogen) atoms. The van der Waals surface area contributed by atoms with Gasteiger partial charge in [0.2, 0.25) is 0 Å². The van der Waals surface area contributed by atoms with Gasteiger partial charge in [-0.15, -0.1) is 0 Å². The van der Waals surface area contributed by atoms with E-state index in [2.05, 4.69) is 37.2 Å². The molecule has 0 bridgehead atoms. The van der Waals surface area contributed by atoms with Crippen molar-refractivity contribution in [2.75, 3.05) is 26.2 Å². The molecule has 0 spiro atoms. The first-order valence-electron chi connectivity index (χ1n) is 7.46. The maximum Gasteiger partial charge on any atom is 0.175 e. The molecule has 2 heterocycles. The van der Waals surface area contributed by atoms with Crippen LogP contribution in [0.1, 0.15) is 32.3 Å². The van der Waals surface area contributed by atoms with Crippen LogP contribution in [0.2, 0.25) is 0 Å². The maximum absolute atomic E-state index is 3.18. The van der Waals surface area contributed by atoms with Gasteiger partial charge in [0.1, 0.15) is 32.7 Å². The van der Waals surface area contributed by atoms with Crippen LogP contribution in [0.25, 0.3) is 0 Å². The highest BCUT2D eigenvalue weighted by Crippen LogP contribution is 1.92. The van der Waals surface area contributed by atoms with Crippen LogP contribution in [0.3, 0.4) is 0 Å². The Labute approximate surface area is 111 Å². The Balaban J connectivity index is 1.80. The molecule has 1 aromatic heterocycles. The van der Waals surface area contributed by atoms with Gasteiger partial charge in [-0.05, 0) is 18.9 Å². The minimum absolute atomic E-state index is 0.886. The molecule has 2 rings (SSSR count). The van der Waals surface area contributed by atoms with Crippen molar-refractivity contribution in [2.45, 2.75) is 39.3 Å². The molecule has 1 aromatic rings. The van der Waals surface area contributed by atoms with Gasteiger partial charge in [0, 0.05) is 6.07 Å². The van der Waals surface area contributed by atoms with Crippen LogP contribution in [-0.4, -0.2) is 32.2 Å². The van der Waals surface area contributed by atoms with Crippen LogP contribution in [0.4, 0.5) is 0 Å². The second kappa shape index (κ2) is 6.86. The molecule has 1 aliphatic heterocycles. The van der Waals surface area contributed by atoms with Crippen LogP contribution >= 0.6 is 0 Å². The average Bonchev–Trinajstić information content (AvgIpc) is 2.43. The molecular formula is C15H28N3+3. The Morgan fingerprint density at radius 1 is 1.17 bits per heavy atom. The lowest BCUT2D eigenvalue weighted by molar-refractivity contribution is -1.03. The SMILES string of the molecule is CCC(CC)[NH+]1CC[NH+](Cc2ccc[nH+]c2)CC1. The zero-order valence-corrected chi connectivity index (χ0v) is 11.8. The highest BCUT2D eigenvalue weighted by molar-refractivity contribution is 5.02. The third kappa shape index (κ3) is 3.53. The second-order valence-electron chi connectivity index (χ2n) is 5.51. The summed E-state index contributed by atoms with van der Waals surface area (Å²) in [6, 6.07) is 5.21. The lowest BCUT2D eigenvalue weighted by Gasteiger charge is -2.33. The van der Waals surface area contributed by atoms with Gasteiger partial charge in [-0.3, -0.25) is 0 Å². The van der Waals surface area contributed by atoms with E-state index in [4.69, 9.17) is 0 Å². The van der Waals surface area contributed by atoms with Gasteiger partial charge in [-0.1, -0.05) is 13.8 Å². The van der Waals surface area contributed by atoms with Gasteiger partial charge in [-0.25, -0.2) is 4.98 Å². The number of hydrogen-bond donors (Lipinski definition) is 2. The van der Waals surface area contributed by atoms with Gasteiger partial charge >= 0.3 is 0 Å². The van der Waals surface area contributed by atoms with Gasteiger partial charge in [-0.2, -0.15) is 0 Å². The minimum Gasteiger partial charge on any atom is -0.323 e. The number of pyridine rings is 1. The van der Waals surface area contributed by atoms with Crippen molar-refractivity contribution in [3.8, 4) is 0 Å². The molecule has 0 saturated carbocycles. The van der Waals surface area contributed by atoms with Crippen LogP contribution < -0.4 is 14.8 Å². The topological polar surface area (TPSA) is 23.0 Å². The average molecular weight is 250 g/mol. The summed E-state index contributed by atoms with van der Waals surface area (Å²) in [5.74, 6) is 0. The Hall–Kier alpha value is -0.930. The van der Waals surface area contributed by atoms with E-state index < -0.39 is 0 Å². The summed E-state index contributed by atoms with van der Waals surface area (Å²) in [7, 11) is 0. The summed E-state index contributed by atoms with van der Waals surface area (Å²) in [6.45, 7) is 11.2. The summed E-state index contributed by atoms with van der Waals surface area (Å²) < 4.78 is 0. The normalized spacial score (nSPS) is 24.4. The molecule has 3 heteroatoms. The molecule has 0 atom stereocenters. The first-order chi connectivity index (χ1) is 8.83. The first-order valence-corrected chi connectivity index (χ1v) is 7.46. The fourth-order valence-electron chi connectivity index (χ4n) is 3.20. The third-order valence-corrected chi connectivity index (χ3v) is 4.39. The number of piperazine rings is 1. The van der Waals surface area contributed by atoms with Crippen molar-refractivity contribution in [1.82, 2.24) is 0 Å². The van der Waals surface area contributed by atoms with E-state index in [9.17, 15) is 0 Å². The lowest BCUT2D eigenvalue weighted by atomic mass is 10.1. The van der Waals surface area contributed by atoms with Crippen molar-refractivity contribution in [2.24, 2.45) is 0 Å². The summed E-state index contributed by atoms with van der Waals surface area (Å²) in [6.07, 6.45) is 6.77. The molecule has 100 valence electrons.